The first-order valence-corrected chi connectivity index (χ1v) is 10.4. The van der Waals surface area contributed by atoms with Crippen molar-refractivity contribution in [3.05, 3.63) is 68.6 Å². The predicted octanol–water partition coefficient (Wildman–Crippen LogP) is 5.06. The van der Waals surface area contributed by atoms with E-state index >= 15 is 0 Å². The maximum Gasteiger partial charge on any atom is 0.203 e. The Hall–Kier alpha value is -2.28. The molecular weight excluding hydrogens is 378 g/mol. The first kappa shape index (κ1) is 19.5. The predicted molar refractivity (Wildman–Crippen MR) is 114 cm³/mol. The normalized spacial score (nSPS) is 10.5. The van der Waals surface area contributed by atoms with E-state index in [2.05, 4.69) is 45.0 Å². The molecule has 0 aliphatic carbocycles. The first-order chi connectivity index (χ1) is 13.3. The zero-order valence-electron chi connectivity index (χ0n) is 15.7. The van der Waals surface area contributed by atoms with E-state index in [4.69, 9.17) is 14.2 Å². The molecule has 0 radical (unpaired) electrons. The lowest BCUT2D eigenvalue weighted by molar-refractivity contribution is 0.321. The van der Waals surface area contributed by atoms with Gasteiger partial charge in [0, 0.05) is 18.7 Å². The molecule has 0 saturated heterocycles. The molecule has 1 N–H and O–H groups in total. The van der Waals surface area contributed by atoms with Crippen molar-refractivity contribution in [1.29, 1.82) is 0 Å². The van der Waals surface area contributed by atoms with E-state index in [-0.39, 0.29) is 0 Å². The molecule has 0 bridgehead atoms. The third kappa shape index (κ3) is 4.53. The highest BCUT2D eigenvalue weighted by Gasteiger charge is 2.15. The van der Waals surface area contributed by atoms with E-state index in [0.717, 1.165) is 12.1 Å². The lowest BCUT2D eigenvalue weighted by Crippen LogP contribution is -2.14. The van der Waals surface area contributed by atoms with E-state index in [9.17, 15) is 0 Å². The summed E-state index contributed by atoms with van der Waals surface area (Å²) in [4.78, 5) is 0. The van der Waals surface area contributed by atoms with Gasteiger partial charge in [0.1, 0.15) is 0 Å². The van der Waals surface area contributed by atoms with Crippen molar-refractivity contribution >= 4 is 28.2 Å². The summed E-state index contributed by atoms with van der Waals surface area (Å²) in [5.74, 6) is 1.98. The molecule has 0 atom stereocenters. The van der Waals surface area contributed by atoms with Gasteiger partial charge in [-0.3, -0.25) is 0 Å². The molecule has 0 aliphatic heterocycles. The Balaban J connectivity index is 1.73. The van der Waals surface area contributed by atoms with Crippen molar-refractivity contribution in [3.8, 4) is 17.2 Å². The Morgan fingerprint density at radius 3 is 2.07 bits per heavy atom. The van der Waals surface area contributed by atoms with Gasteiger partial charge in [-0.2, -0.15) is 22.7 Å². The van der Waals surface area contributed by atoms with E-state index in [0.29, 0.717) is 23.8 Å². The Morgan fingerprint density at radius 2 is 1.56 bits per heavy atom. The fourth-order valence-corrected chi connectivity index (χ4v) is 4.23. The molecule has 142 valence electrons. The van der Waals surface area contributed by atoms with E-state index in [1.807, 2.05) is 12.1 Å². The fourth-order valence-electron chi connectivity index (χ4n) is 2.92. The standard InChI is InChI=1S/C21H23NO3S2/c1-23-19-5-4-15(20(24-2)21(19)25-3)12-22-9-6-18(16-7-10-26-13-16)17-8-11-27-14-17/h4-8,10-11,13-14,22H,9,12H2,1-3H3. The Labute approximate surface area is 168 Å². The van der Waals surface area contributed by atoms with Crippen molar-refractivity contribution in [2.24, 2.45) is 0 Å². The molecule has 2 heterocycles. The van der Waals surface area contributed by atoms with Gasteiger partial charge in [0.2, 0.25) is 5.75 Å². The van der Waals surface area contributed by atoms with Gasteiger partial charge in [0.25, 0.3) is 0 Å². The molecule has 0 spiro atoms. The van der Waals surface area contributed by atoms with E-state index < -0.39 is 0 Å². The number of rotatable bonds is 9. The van der Waals surface area contributed by atoms with Gasteiger partial charge in [-0.25, -0.2) is 0 Å². The molecule has 0 unspecified atom stereocenters. The zero-order chi connectivity index (χ0) is 19.1. The third-order valence-corrected chi connectivity index (χ3v) is 5.58. The summed E-state index contributed by atoms with van der Waals surface area (Å²) >= 11 is 3.43. The van der Waals surface area contributed by atoms with Crippen LogP contribution in [0.4, 0.5) is 0 Å². The van der Waals surface area contributed by atoms with Gasteiger partial charge in [0.05, 0.1) is 21.3 Å². The van der Waals surface area contributed by atoms with Crippen LogP contribution in [0.1, 0.15) is 16.7 Å². The van der Waals surface area contributed by atoms with Crippen LogP contribution in [0.25, 0.3) is 5.57 Å². The Kier molecular flexibility index (Phi) is 6.92. The molecule has 0 amide bonds. The van der Waals surface area contributed by atoms with Gasteiger partial charge < -0.3 is 19.5 Å². The van der Waals surface area contributed by atoms with Gasteiger partial charge in [0.15, 0.2) is 11.5 Å². The van der Waals surface area contributed by atoms with Gasteiger partial charge >= 0.3 is 0 Å². The van der Waals surface area contributed by atoms with Crippen LogP contribution >= 0.6 is 22.7 Å². The quantitative estimate of drug-likeness (QED) is 0.509. The third-order valence-electron chi connectivity index (χ3n) is 4.22. The number of ether oxygens (including phenoxy) is 3. The van der Waals surface area contributed by atoms with Crippen molar-refractivity contribution in [3.63, 3.8) is 0 Å². The Morgan fingerprint density at radius 1 is 0.889 bits per heavy atom. The lowest BCUT2D eigenvalue weighted by Gasteiger charge is -2.16. The van der Waals surface area contributed by atoms with Crippen LogP contribution in [0.2, 0.25) is 0 Å². The van der Waals surface area contributed by atoms with Crippen LogP contribution in [0.5, 0.6) is 17.2 Å². The second kappa shape index (κ2) is 9.60. The molecule has 6 heteroatoms. The van der Waals surface area contributed by atoms with Crippen LogP contribution in [-0.4, -0.2) is 27.9 Å². The second-order valence-corrected chi connectivity index (χ2v) is 7.33. The van der Waals surface area contributed by atoms with E-state index in [1.54, 1.807) is 44.0 Å². The highest BCUT2D eigenvalue weighted by atomic mass is 32.1. The SMILES string of the molecule is COc1ccc(CNCC=C(c2ccsc2)c2ccsc2)c(OC)c1OC. The molecule has 0 fully saturated rings. The topological polar surface area (TPSA) is 39.7 Å². The monoisotopic (exact) mass is 401 g/mol. The smallest absolute Gasteiger partial charge is 0.203 e. The number of benzene rings is 1. The molecule has 3 aromatic rings. The molecule has 1 aromatic carbocycles. The van der Waals surface area contributed by atoms with Crippen molar-refractivity contribution in [1.82, 2.24) is 5.32 Å². The maximum absolute atomic E-state index is 5.55. The molecule has 0 saturated carbocycles. The minimum Gasteiger partial charge on any atom is -0.493 e. The molecule has 0 aliphatic rings. The van der Waals surface area contributed by atoms with Crippen molar-refractivity contribution < 1.29 is 14.2 Å². The Bertz CT molecular complexity index is 835. The largest absolute Gasteiger partial charge is 0.493 e. The highest BCUT2D eigenvalue weighted by molar-refractivity contribution is 7.08. The highest BCUT2D eigenvalue weighted by Crippen LogP contribution is 2.39. The lowest BCUT2D eigenvalue weighted by atomic mass is 10.0. The number of hydrogen-bond acceptors (Lipinski definition) is 6. The van der Waals surface area contributed by atoms with Crippen LogP contribution in [0, 0.1) is 0 Å². The summed E-state index contributed by atoms with van der Waals surface area (Å²) in [5, 5.41) is 12.1. The van der Waals surface area contributed by atoms with Crippen molar-refractivity contribution in [2.75, 3.05) is 27.9 Å². The molecular formula is C21H23NO3S2. The van der Waals surface area contributed by atoms with Crippen LogP contribution < -0.4 is 19.5 Å². The molecule has 4 nitrogen and oxygen atoms in total. The molecule has 27 heavy (non-hydrogen) atoms. The minimum atomic E-state index is 0.618. The number of thiophene rings is 2. The molecule has 3 rings (SSSR count). The summed E-state index contributed by atoms with van der Waals surface area (Å²) in [7, 11) is 4.89. The van der Waals surface area contributed by atoms with Crippen LogP contribution in [0.15, 0.2) is 51.9 Å². The average molecular weight is 402 g/mol. The van der Waals surface area contributed by atoms with Crippen molar-refractivity contribution in [2.45, 2.75) is 6.54 Å². The summed E-state index contributed by atoms with van der Waals surface area (Å²) in [6.45, 7) is 1.42. The fraction of sp³-hybridized carbons (Fsp3) is 0.238. The summed E-state index contributed by atoms with van der Waals surface area (Å²) in [6.07, 6.45) is 2.23. The molecule has 2 aromatic heterocycles. The first-order valence-electron chi connectivity index (χ1n) is 8.52. The summed E-state index contributed by atoms with van der Waals surface area (Å²) in [5.41, 5.74) is 4.79. The van der Waals surface area contributed by atoms with E-state index in [1.165, 1.54) is 16.7 Å². The number of nitrogens with one attached hydrogen (secondary N) is 1. The van der Waals surface area contributed by atoms with Crippen LogP contribution in [-0.2, 0) is 6.54 Å². The number of hydrogen-bond donors (Lipinski definition) is 1. The summed E-state index contributed by atoms with van der Waals surface area (Å²) in [6, 6.07) is 8.21. The average Bonchev–Trinajstić information content (AvgIpc) is 3.41. The van der Waals surface area contributed by atoms with Gasteiger partial charge in [-0.1, -0.05) is 12.1 Å². The number of methoxy groups -OCH3 is 3. The summed E-state index contributed by atoms with van der Waals surface area (Å²) < 4.78 is 16.3. The van der Waals surface area contributed by atoms with Gasteiger partial charge in [-0.05, 0) is 56.4 Å². The minimum absolute atomic E-state index is 0.618. The van der Waals surface area contributed by atoms with Gasteiger partial charge in [-0.15, -0.1) is 0 Å². The second-order valence-electron chi connectivity index (χ2n) is 5.77. The van der Waals surface area contributed by atoms with Crippen LogP contribution in [0.3, 0.4) is 0 Å². The maximum atomic E-state index is 5.55. The zero-order valence-corrected chi connectivity index (χ0v) is 17.3.